The summed E-state index contributed by atoms with van der Waals surface area (Å²) in [6.45, 7) is 0. The maximum atomic E-state index is 13.5. The quantitative estimate of drug-likeness (QED) is 0.830. The second-order valence-corrected chi connectivity index (χ2v) is 8.21. The highest BCUT2D eigenvalue weighted by Gasteiger charge is 2.44. The largest absolute Gasteiger partial charge is 0.348 e. The van der Waals surface area contributed by atoms with Crippen molar-refractivity contribution in [1.82, 2.24) is 4.90 Å². The lowest BCUT2D eigenvalue weighted by Crippen LogP contribution is -2.35. The van der Waals surface area contributed by atoms with Gasteiger partial charge in [0.2, 0.25) is 0 Å². The fraction of sp³-hybridized carbons (Fsp3) is 0.462. The molecular weight excluding hydrogens is 299 g/mol. The predicted octanol–water partition coefficient (Wildman–Crippen LogP) is 1.53. The molecule has 2 heterocycles. The number of nitrogens with zero attached hydrogens (tertiary/aromatic N) is 2. The summed E-state index contributed by atoms with van der Waals surface area (Å²) in [5.41, 5.74) is 0.637. The van der Waals surface area contributed by atoms with Gasteiger partial charge in [0.05, 0.1) is 23.6 Å². The number of sulfone groups is 1. The van der Waals surface area contributed by atoms with Gasteiger partial charge in [0.15, 0.2) is 15.0 Å². The molecule has 2 aliphatic rings. The fourth-order valence-electron chi connectivity index (χ4n) is 2.58. The second-order valence-electron chi connectivity index (χ2n) is 5.11. The third-order valence-corrected chi connectivity index (χ3v) is 6.49. The summed E-state index contributed by atoms with van der Waals surface area (Å²) in [5.74, 6) is 0.582. The Balaban J connectivity index is 1.69. The number of rotatable bonds is 2. The summed E-state index contributed by atoms with van der Waals surface area (Å²) in [6.07, 6.45) is 0. The first-order valence-corrected chi connectivity index (χ1v) is 9.14. The van der Waals surface area contributed by atoms with Crippen LogP contribution in [0.5, 0.6) is 0 Å². The Bertz CT molecular complexity index is 660. The van der Waals surface area contributed by atoms with E-state index in [-0.39, 0.29) is 29.4 Å². The number of hydrogen-bond acceptors (Lipinski definition) is 5. The Hall–Kier alpha value is -1.08. The van der Waals surface area contributed by atoms with Gasteiger partial charge in [0.25, 0.3) is 0 Å². The zero-order valence-electron chi connectivity index (χ0n) is 11.0. The van der Waals surface area contributed by atoms with Crippen molar-refractivity contribution in [2.75, 3.05) is 18.6 Å². The number of benzene rings is 1. The van der Waals surface area contributed by atoms with E-state index in [9.17, 15) is 12.8 Å². The molecule has 0 bridgehead atoms. The molecule has 2 aliphatic heterocycles. The van der Waals surface area contributed by atoms with Crippen LogP contribution in [-0.2, 0) is 15.6 Å². The van der Waals surface area contributed by atoms with Gasteiger partial charge in [-0.2, -0.15) is 0 Å². The molecule has 1 fully saturated rings. The molecule has 0 aliphatic carbocycles. The van der Waals surface area contributed by atoms with E-state index in [0.29, 0.717) is 11.3 Å². The van der Waals surface area contributed by atoms with Crippen LogP contribution in [0.25, 0.3) is 0 Å². The Morgan fingerprint density at radius 2 is 2.15 bits per heavy atom. The van der Waals surface area contributed by atoms with Crippen molar-refractivity contribution in [3.63, 3.8) is 0 Å². The number of thioether (sulfide) groups is 1. The van der Waals surface area contributed by atoms with Gasteiger partial charge in [0.1, 0.15) is 5.82 Å². The van der Waals surface area contributed by atoms with Crippen molar-refractivity contribution >= 4 is 26.8 Å². The first-order chi connectivity index (χ1) is 9.46. The standard InChI is InChI=1S/C13H15FN2O2S2/c1-16-12-8-20(17,18)7-11(12)15-13(16)19-6-9-4-2-3-5-10(9)14/h2-5,11-12H,6-8H2,1H3/t11-,12-/m1/s1. The summed E-state index contributed by atoms with van der Waals surface area (Å²) in [5, 5.41) is 0.804. The van der Waals surface area contributed by atoms with Crippen molar-refractivity contribution in [3.8, 4) is 0 Å². The minimum Gasteiger partial charge on any atom is -0.348 e. The second kappa shape index (κ2) is 5.04. The van der Waals surface area contributed by atoms with Crippen molar-refractivity contribution < 1.29 is 12.8 Å². The van der Waals surface area contributed by atoms with Crippen molar-refractivity contribution in [2.45, 2.75) is 17.8 Å². The molecule has 108 valence electrons. The van der Waals surface area contributed by atoms with Crippen LogP contribution in [0, 0.1) is 5.82 Å². The minimum atomic E-state index is -2.95. The lowest BCUT2D eigenvalue weighted by atomic mass is 10.2. The fourth-order valence-corrected chi connectivity index (χ4v) is 5.56. The Morgan fingerprint density at radius 1 is 1.40 bits per heavy atom. The number of fused-ring (bicyclic) bond motifs is 1. The van der Waals surface area contributed by atoms with E-state index in [1.807, 2.05) is 11.9 Å². The van der Waals surface area contributed by atoms with Crippen LogP contribution in [-0.4, -0.2) is 49.1 Å². The monoisotopic (exact) mass is 314 g/mol. The summed E-state index contributed by atoms with van der Waals surface area (Å²) in [4.78, 5) is 6.39. The van der Waals surface area contributed by atoms with E-state index in [0.717, 1.165) is 5.17 Å². The van der Waals surface area contributed by atoms with Gasteiger partial charge in [-0.3, -0.25) is 4.99 Å². The zero-order valence-corrected chi connectivity index (χ0v) is 12.6. The highest BCUT2D eigenvalue weighted by molar-refractivity contribution is 8.13. The lowest BCUT2D eigenvalue weighted by molar-refractivity contribution is 0.410. The van der Waals surface area contributed by atoms with E-state index in [1.54, 1.807) is 18.2 Å². The van der Waals surface area contributed by atoms with Crippen LogP contribution in [0.2, 0.25) is 0 Å². The molecule has 0 radical (unpaired) electrons. The van der Waals surface area contributed by atoms with Crippen molar-refractivity contribution in [1.29, 1.82) is 0 Å². The molecule has 0 N–H and O–H groups in total. The highest BCUT2D eigenvalue weighted by Crippen LogP contribution is 2.31. The van der Waals surface area contributed by atoms with E-state index >= 15 is 0 Å². The van der Waals surface area contributed by atoms with Gasteiger partial charge in [-0.1, -0.05) is 30.0 Å². The lowest BCUT2D eigenvalue weighted by Gasteiger charge is -2.20. The van der Waals surface area contributed by atoms with Crippen molar-refractivity contribution in [2.24, 2.45) is 4.99 Å². The zero-order chi connectivity index (χ0) is 14.3. The SMILES string of the molecule is CN1C(SCc2ccccc2F)=N[C@@H]2CS(=O)(=O)C[C@H]21. The molecule has 0 spiro atoms. The van der Waals surface area contributed by atoms with Crippen LogP contribution in [0.3, 0.4) is 0 Å². The summed E-state index contributed by atoms with van der Waals surface area (Å²) in [6, 6.07) is 6.45. The van der Waals surface area contributed by atoms with Gasteiger partial charge >= 0.3 is 0 Å². The molecule has 0 amide bonds. The Labute approximate surface area is 122 Å². The van der Waals surface area contributed by atoms with E-state index < -0.39 is 9.84 Å². The van der Waals surface area contributed by atoms with Gasteiger partial charge < -0.3 is 4.90 Å². The maximum Gasteiger partial charge on any atom is 0.159 e. The maximum absolute atomic E-state index is 13.5. The Kier molecular flexibility index (Phi) is 3.50. The normalized spacial score (nSPS) is 27.5. The average Bonchev–Trinajstić information content (AvgIpc) is 2.83. The van der Waals surface area contributed by atoms with E-state index in [4.69, 9.17) is 0 Å². The molecule has 0 aromatic heterocycles. The molecule has 2 atom stereocenters. The van der Waals surface area contributed by atoms with E-state index in [2.05, 4.69) is 4.99 Å². The third-order valence-electron chi connectivity index (χ3n) is 3.68. The number of likely N-dealkylation sites (N-methyl/N-ethyl adjacent to an activating group) is 1. The van der Waals surface area contributed by atoms with Crippen LogP contribution in [0.15, 0.2) is 29.3 Å². The van der Waals surface area contributed by atoms with Crippen LogP contribution in [0.4, 0.5) is 4.39 Å². The van der Waals surface area contributed by atoms with Crippen molar-refractivity contribution in [3.05, 3.63) is 35.6 Å². The molecule has 7 heteroatoms. The smallest absolute Gasteiger partial charge is 0.159 e. The molecular formula is C13H15FN2O2S2. The molecule has 3 rings (SSSR count). The molecule has 20 heavy (non-hydrogen) atoms. The highest BCUT2D eigenvalue weighted by atomic mass is 32.2. The van der Waals surface area contributed by atoms with Gasteiger partial charge in [0, 0.05) is 12.8 Å². The van der Waals surface area contributed by atoms with Crippen LogP contribution < -0.4 is 0 Å². The molecule has 1 aromatic rings. The minimum absolute atomic E-state index is 0.0527. The number of hydrogen-bond donors (Lipinski definition) is 0. The van der Waals surface area contributed by atoms with Gasteiger partial charge in [-0.15, -0.1) is 0 Å². The predicted molar refractivity (Wildman–Crippen MR) is 79.1 cm³/mol. The third kappa shape index (κ3) is 2.56. The molecule has 4 nitrogen and oxygen atoms in total. The first-order valence-electron chi connectivity index (χ1n) is 6.33. The Morgan fingerprint density at radius 3 is 2.85 bits per heavy atom. The van der Waals surface area contributed by atoms with Crippen LogP contribution in [0.1, 0.15) is 5.56 Å². The van der Waals surface area contributed by atoms with Crippen LogP contribution >= 0.6 is 11.8 Å². The molecule has 0 unspecified atom stereocenters. The average molecular weight is 314 g/mol. The summed E-state index contributed by atoms with van der Waals surface area (Å²) < 4.78 is 36.7. The van der Waals surface area contributed by atoms with Gasteiger partial charge in [-0.25, -0.2) is 12.8 Å². The number of aliphatic imine (C=N–C) groups is 1. The molecule has 1 saturated heterocycles. The van der Waals surface area contributed by atoms with Gasteiger partial charge in [-0.05, 0) is 11.6 Å². The summed E-state index contributed by atoms with van der Waals surface area (Å²) >= 11 is 1.46. The molecule has 0 saturated carbocycles. The van der Waals surface area contributed by atoms with E-state index in [1.165, 1.54) is 17.8 Å². The summed E-state index contributed by atoms with van der Waals surface area (Å²) in [7, 11) is -1.09. The first kappa shape index (κ1) is 13.9. The topological polar surface area (TPSA) is 49.7 Å². The number of amidine groups is 1. The molecule has 1 aromatic carbocycles. The number of halogens is 1.